The van der Waals surface area contributed by atoms with Crippen LogP contribution < -0.4 is 5.69 Å². The van der Waals surface area contributed by atoms with E-state index in [-0.39, 0.29) is 11.7 Å². The monoisotopic (exact) mass is 272 g/mol. The maximum Gasteiger partial charge on any atom is 0.327 e. The first kappa shape index (κ1) is 12.1. The molecule has 0 amide bonds. The van der Waals surface area contributed by atoms with Gasteiger partial charge in [-0.25, -0.2) is 9.78 Å². The van der Waals surface area contributed by atoms with Crippen molar-refractivity contribution in [3.63, 3.8) is 0 Å². The van der Waals surface area contributed by atoms with Crippen LogP contribution in [0, 0.1) is 5.92 Å². The maximum absolute atomic E-state index is 12.2. The molecular weight excluding hydrogens is 252 g/mol. The number of likely N-dealkylation sites (tertiary alicyclic amines) is 1. The highest BCUT2D eigenvalue weighted by atomic mass is 16.1. The zero-order valence-corrected chi connectivity index (χ0v) is 11.6. The summed E-state index contributed by atoms with van der Waals surface area (Å²) >= 11 is 0. The number of H-pyrrole nitrogens is 1. The lowest BCUT2D eigenvalue weighted by molar-refractivity contribution is 0.171. The van der Waals surface area contributed by atoms with E-state index in [1.54, 1.807) is 6.20 Å². The van der Waals surface area contributed by atoms with E-state index in [1.165, 1.54) is 32.4 Å². The minimum atomic E-state index is -0.0167. The lowest BCUT2D eigenvalue weighted by Crippen LogP contribution is -2.40. The molecule has 0 spiro atoms. The fourth-order valence-electron chi connectivity index (χ4n) is 3.37. The van der Waals surface area contributed by atoms with Crippen molar-refractivity contribution in [2.24, 2.45) is 5.92 Å². The summed E-state index contributed by atoms with van der Waals surface area (Å²) < 4.78 is 1.87. The van der Waals surface area contributed by atoms with Gasteiger partial charge in [0, 0.05) is 19.3 Å². The zero-order chi connectivity index (χ0) is 13.5. The molecule has 2 aromatic heterocycles. The number of rotatable bonds is 3. The first-order valence-electron chi connectivity index (χ1n) is 7.59. The van der Waals surface area contributed by atoms with Crippen molar-refractivity contribution in [3.8, 4) is 0 Å². The number of hydrogen-bond acceptors (Lipinski definition) is 3. The van der Waals surface area contributed by atoms with Crippen molar-refractivity contribution in [2.45, 2.75) is 31.7 Å². The number of nitrogens with one attached hydrogen (secondary N) is 1. The molecule has 2 fully saturated rings. The lowest BCUT2D eigenvalue weighted by atomic mass is 10.1. The third-order valence-electron chi connectivity index (χ3n) is 4.53. The second-order valence-electron chi connectivity index (χ2n) is 6.17. The second-order valence-corrected chi connectivity index (χ2v) is 6.17. The molecule has 1 aliphatic carbocycles. The Labute approximate surface area is 117 Å². The molecule has 1 unspecified atom stereocenters. The lowest BCUT2D eigenvalue weighted by Gasteiger charge is -2.33. The SMILES string of the molecule is O=c1[nH]c2cccnc2n1C1CCCN(CC2CC2)C1. The van der Waals surface area contributed by atoms with Gasteiger partial charge in [-0.05, 0) is 50.3 Å². The van der Waals surface area contributed by atoms with Crippen molar-refractivity contribution < 1.29 is 0 Å². The molecular formula is C15H20N4O. The first-order valence-corrected chi connectivity index (χ1v) is 7.59. The van der Waals surface area contributed by atoms with Gasteiger partial charge in [-0.3, -0.25) is 4.57 Å². The van der Waals surface area contributed by atoms with Gasteiger partial charge < -0.3 is 9.88 Å². The van der Waals surface area contributed by atoms with E-state index in [0.29, 0.717) is 0 Å². The Morgan fingerprint density at radius 2 is 2.25 bits per heavy atom. The molecule has 1 saturated carbocycles. The molecule has 2 aromatic rings. The maximum atomic E-state index is 12.2. The van der Waals surface area contributed by atoms with Crippen molar-refractivity contribution in [2.75, 3.05) is 19.6 Å². The van der Waals surface area contributed by atoms with Gasteiger partial charge in [0.2, 0.25) is 0 Å². The topological polar surface area (TPSA) is 53.9 Å². The van der Waals surface area contributed by atoms with E-state index in [0.717, 1.165) is 30.0 Å². The summed E-state index contributed by atoms with van der Waals surface area (Å²) in [5, 5.41) is 0. The Balaban J connectivity index is 1.64. The van der Waals surface area contributed by atoms with Crippen molar-refractivity contribution in [1.29, 1.82) is 0 Å². The highest BCUT2D eigenvalue weighted by molar-refractivity contribution is 5.70. The van der Waals surface area contributed by atoms with E-state index in [4.69, 9.17) is 0 Å². The summed E-state index contributed by atoms with van der Waals surface area (Å²) in [7, 11) is 0. The summed E-state index contributed by atoms with van der Waals surface area (Å²) in [6, 6.07) is 4.05. The van der Waals surface area contributed by atoms with Crippen LogP contribution in [-0.2, 0) is 0 Å². The van der Waals surface area contributed by atoms with Gasteiger partial charge in [-0.2, -0.15) is 0 Å². The van der Waals surface area contributed by atoms with Crippen LogP contribution in [0.25, 0.3) is 11.2 Å². The number of aromatic amines is 1. The molecule has 2 aliphatic rings. The second kappa shape index (κ2) is 4.74. The molecule has 1 saturated heterocycles. The summed E-state index contributed by atoms with van der Waals surface area (Å²) in [5.74, 6) is 0.909. The van der Waals surface area contributed by atoms with E-state index < -0.39 is 0 Å². The van der Waals surface area contributed by atoms with E-state index in [9.17, 15) is 4.79 Å². The Hall–Kier alpha value is -1.62. The highest BCUT2D eigenvalue weighted by Crippen LogP contribution is 2.32. The fraction of sp³-hybridized carbons (Fsp3) is 0.600. The number of nitrogens with zero attached hydrogens (tertiary/aromatic N) is 3. The minimum absolute atomic E-state index is 0.0167. The van der Waals surface area contributed by atoms with Gasteiger partial charge >= 0.3 is 5.69 Å². The van der Waals surface area contributed by atoms with Crippen LogP contribution in [0.5, 0.6) is 0 Å². The van der Waals surface area contributed by atoms with E-state index in [1.807, 2.05) is 16.7 Å². The molecule has 1 N–H and O–H groups in total. The van der Waals surface area contributed by atoms with Gasteiger partial charge in [-0.15, -0.1) is 0 Å². The Morgan fingerprint density at radius 3 is 3.10 bits per heavy atom. The summed E-state index contributed by atoms with van der Waals surface area (Å²) in [6.07, 6.45) is 6.77. The van der Waals surface area contributed by atoms with Crippen LogP contribution >= 0.6 is 0 Å². The van der Waals surface area contributed by atoms with Crippen LogP contribution in [0.1, 0.15) is 31.7 Å². The Bertz CT molecular complexity index is 670. The van der Waals surface area contributed by atoms with E-state index in [2.05, 4.69) is 14.9 Å². The van der Waals surface area contributed by atoms with Crippen LogP contribution in [-0.4, -0.2) is 39.1 Å². The molecule has 4 rings (SSSR count). The smallest absolute Gasteiger partial charge is 0.304 e. The molecule has 0 bridgehead atoms. The van der Waals surface area contributed by atoms with Gasteiger partial charge in [0.25, 0.3) is 0 Å². The standard InChI is InChI=1S/C15H20N4O/c20-15-17-13-4-1-7-16-14(13)19(15)12-3-2-8-18(10-12)9-11-5-6-11/h1,4,7,11-12H,2-3,5-6,8-10H2,(H,17,20). The van der Waals surface area contributed by atoms with E-state index >= 15 is 0 Å². The average Bonchev–Trinajstić information content (AvgIpc) is 3.19. The molecule has 3 heterocycles. The third kappa shape index (κ3) is 2.16. The summed E-state index contributed by atoms with van der Waals surface area (Å²) in [6.45, 7) is 3.37. The fourth-order valence-corrected chi connectivity index (χ4v) is 3.37. The molecule has 5 heteroatoms. The van der Waals surface area contributed by atoms with Crippen LogP contribution in [0.4, 0.5) is 0 Å². The number of fused-ring (bicyclic) bond motifs is 1. The number of pyridine rings is 1. The molecule has 1 atom stereocenters. The summed E-state index contributed by atoms with van der Waals surface area (Å²) in [4.78, 5) is 22.1. The Morgan fingerprint density at radius 1 is 1.35 bits per heavy atom. The van der Waals surface area contributed by atoms with Crippen LogP contribution in [0.3, 0.4) is 0 Å². The minimum Gasteiger partial charge on any atom is -0.304 e. The molecule has 5 nitrogen and oxygen atoms in total. The van der Waals surface area contributed by atoms with Crippen molar-refractivity contribution >= 4 is 11.2 Å². The molecule has 106 valence electrons. The van der Waals surface area contributed by atoms with Crippen molar-refractivity contribution in [1.82, 2.24) is 19.4 Å². The normalized spacial score (nSPS) is 24.3. The quantitative estimate of drug-likeness (QED) is 0.926. The third-order valence-corrected chi connectivity index (χ3v) is 4.53. The van der Waals surface area contributed by atoms with Crippen molar-refractivity contribution in [3.05, 3.63) is 28.8 Å². The van der Waals surface area contributed by atoms with Gasteiger partial charge in [0.15, 0.2) is 5.65 Å². The largest absolute Gasteiger partial charge is 0.327 e. The van der Waals surface area contributed by atoms with Gasteiger partial charge in [0.1, 0.15) is 0 Å². The first-order chi connectivity index (χ1) is 9.81. The number of imidazole rings is 1. The van der Waals surface area contributed by atoms with Crippen LogP contribution in [0.2, 0.25) is 0 Å². The highest BCUT2D eigenvalue weighted by Gasteiger charge is 2.29. The zero-order valence-electron chi connectivity index (χ0n) is 11.6. The molecule has 0 aromatic carbocycles. The number of piperidine rings is 1. The van der Waals surface area contributed by atoms with Crippen LogP contribution in [0.15, 0.2) is 23.1 Å². The predicted molar refractivity (Wildman–Crippen MR) is 77.8 cm³/mol. The summed E-state index contributed by atoms with van der Waals surface area (Å²) in [5.41, 5.74) is 1.63. The van der Waals surface area contributed by atoms with Gasteiger partial charge in [-0.1, -0.05) is 0 Å². The number of aromatic nitrogens is 3. The average molecular weight is 272 g/mol. The molecule has 1 aliphatic heterocycles. The molecule has 20 heavy (non-hydrogen) atoms. The number of hydrogen-bond donors (Lipinski definition) is 1. The molecule has 0 radical (unpaired) electrons. The Kier molecular flexibility index (Phi) is 2.88. The van der Waals surface area contributed by atoms with Gasteiger partial charge in [0.05, 0.1) is 11.6 Å². The predicted octanol–water partition coefficient (Wildman–Crippen LogP) is 1.77.